The van der Waals surface area contributed by atoms with Gasteiger partial charge in [-0.05, 0) is 31.2 Å². The maximum Gasteiger partial charge on any atom is 0.328 e. The van der Waals surface area contributed by atoms with Gasteiger partial charge in [0, 0.05) is 9.37 Å². The van der Waals surface area contributed by atoms with Crippen molar-refractivity contribution in [2.75, 3.05) is 13.2 Å². The Labute approximate surface area is 142 Å². The van der Waals surface area contributed by atoms with Crippen LogP contribution < -0.4 is 5.32 Å². The minimum atomic E-state index is -1.13. The lowest BCUT2D eigenvalue weighted by Gasteiger charge is -2.17. The Hall–Kier alpha value is -1.31. The van der Waals surface area contributed by atoms with Crippen molar-refractivity contribution >= 4 is 39.6 Å². The summed E-state index contributed by atoms with van der Waals surface area (Å²) in [4.78, 5) is 24.1. The highest BCUT2D eigenvalue weighted by Crippen LogP contribution is 2.24. The third-order valence-electron chi connectivity index (χ3n) is 2.63. The van der Waals surface area contributed by atoms with Crippen molar-refractivity contribution < 1.29 is 19.4 Å². The normalized spacial score (nSPS) is 13.2. The van der Waals surface area contributed by atoms with E-state index in [9.17, 15) is 9.59 Å². The molecule has 22 heavy (non-hydrogen) atoms. The number of aliphatic carboxylic acids is 1. The smallest absolute Gasteiger partial charge is 0.328 e. The SMILES string of the molecule is C=CCOCC(NC(=O)C(C)Sc1ccc(Br)cc1)C(=O)O. The molecule has 0 radical (unpaired) electrons. The highest BCUT2D eigenvalue weighted by atomic mass is 79.9. The van der Waals surface area contributed by atoms with Gasteiger partial charge in [0.25, 0.3) is 0 Å². The summed E-state index contributed by atoms with van der Waals surface area (Å²) in [5.74, 6) is -1.47. The molecular weight excluding hydrogens is 370 g/mol. The molecule has 0 fully saturated rings. The number of carbonyl (C=O) groups is 2. The lowest BCUT2D eigenvalue weighted by atomic mass is 10.3. The minimum absolute atomic E-state index is 0.0945. The predicted molar refractivity (Wildman–Crippen MR) is 90.0 cm³/mol. The van der Waals surface area contributed by atoms with Crippen molar-refractivity contribution in [2.24, 2.45) is 0 Å². The van der Waals surface area contributed by atoms with Crippen molar-refractivity contribution in [3.63, 3.8) is 0 Å². The monoisotopic (exact) mass is 387 g/mol. The van der Waals surface area contributed by atoms with Crippen LogP contribution in [0.1, 0.15) is 6.92 Å². The van der Waals surface area contributed by atoms with Crippen molar-refractivity contribution in [2.45, 2.75) is 23.1 Å². The van der Waals surface area contributed by atoms with Gasteiger partial charge in [-0.25, -0.2) is 4.79 Å². The number of ether oxygens (including phenoxy) is 1. The summed E-state index contributed by atoms with van der Waals surface area (Å²) in [6, 6.07) is 6.48. The van der Waals surface area contributed by atoms with Gasteiger partial charge in [0.05, 0.1) is 18.5 Å². The number of carbonyl (C=O) groups excluding carboxylic acids is 1. The van der Waals surface area contributed by atoms with E-state index in [1.165, 1.54) is 17.8 Å². The standard InChI is InChI=1S/C15H18BrNO4S/c1-3-8-21-9-13(15(19)20)17-14(18)10(2)22-12-6-4-11(16)5-7-12/h3-7,10,13H,1,8-9H2,2H3,(H,17,18)(H,19,20). The van der Waals surface area contributed by atoms with Crippen molar-refractivity contribution in [3.05, 3.63) is 41.4 Å². The van der Waals surface area contributed by atoms with Crippen LogP contribution in [0, 0.1) is 0 Å². The number of hydrogen-bond acceptors (Lipinski definition) is 4. The summed E-state index contributed by atoms with van der Waals surface area (Å²) in [5.41, 5.74) is 0. The average Bonchev–Trinajstić information content (AvgIpc) is 2.48. The van der Waals surface area contributed by atoms with E-state index in [0.717, 1.165) is 9.37 Å². The Balaban J connectivity index is 2.54. The number of amides is 1. The first-order chi connectivity index (χ1) is 10.4. The van der Waals surface area contributed by atoms with Gasteiger partial charge in [-0.3, -0.25) is 4.79 Å². The molecule has 1 aromatic rings. The first kappa shape index (κ1) is 18.7. The van der Waals surface area contributed by atoms with Crippen LogP contribution in [0.25, 0.3) is 0 Å². The number of carboxylic acid groups (broad SMARTS) is 1. The molecule has 0 aliphatic rings. The Morgan fingerprint density at radius 3 is 2.64 bits per heavy atom. The highest BCUT2D eigenvalue weighted by Gasteiger charge is 2.23. The van der Waals surface area contributed by atoms with Crippen LogP contribution >= 0.6 is 27.7 Å². The van der Waals surface area contributed by atoms with Gasteiger partial charge in [-0.15, -0.1) is 18.3 Å². The molecule has 7 heteroatoms. The molecule has 0 aliphatic carbocycles. The van der Waals surface area contributed by atoms with Gasteiger partial charge >= 0.3 is 5.97 Å². The van der Waals surface area contributed by atoms with Crippen LogP contribution in [0.3, 0.4) is 0 Å². The number of nitrogens with one attached hydrogen (secondary N) is 1. The zero-order valence-electron chi connectivity index (χ0n) is 12.1. The van der Waals surface area contributed by atoms with Gasteiger partial charge in [0.2, 0.25) is 5.91 Å². The lowest BCUT2D eigenvalue weighted by molar-refractivity contribution is -0.143. The Morgan fingerprint density at radius 2 is 2.09 bits per heavy atom. The molecule has 0 saturated heterocycles. The van der Waals surface area contributed by atoms with E-state index in [4.69, 9.17) is 9.84 Å². The molecule has 0 aliphatic heterocycles. The molecule has 2 atom stereocenters. The first-order valence-electron chi connectivity index (χ1n) is 6.58. The minimum Gasteiger partial charge on any atom is -0.480 e. The van der Waals surface area contributed by atoms with Gasteiger partial charge in [-0.1, -0.05) is 22.0 Å². The number of carboxylic acids is 1. The molecule has 120 valence electrons. The maximum absolute atomic E-state index is 12.1. The van der Waals surface area contributed by atoms with E-state index in [0.29, 0.717) is 0 Å². The summed E-state index contributed by atoms with van der Waals surface area (Å²) >= 11 is 4.70. The number of thioether (sulfide) groups is 1. The summed E-state index contributed by atoms with van der Waals surface area (Å²) in [6.45, 7) is 5.35. The molecule has 1 rings (SSSR count). The van der Waals surface area contributed by atoms with Crippen LogP contribution in [0.15, 0.2) is 46.3 Å². The molecule has 0 spiro atoms. The molecule has 0 aromatic heterocycles. The number of benzene rings is 1. The summed E-state index contributed by atoms with van der Waals surface area (Å²) in [7, 11) is 0. The molecule has 5 nitrogen and oxygen atoms in total. The van der Waals surface area contributed by atoms with Gasteiger partial charge in [0.1, 0.15) is 0 Å². The lowest BCUT2D eigenvalue weighted by Crippen LogP contribution is -2.46. The van der Waals surface area contributed by atoms with E-state index in [1.54, 1.807) is 6.92 Å². The number of hydrogen-bond donors (Lipinski definition) is 2. The third-order valence-corrected chi connectivity index (χ3v) is 4.27. The Kier molecular flexibility index (Phi) is 8.22. The van der Waals surface area contributed by atoms with Crippen LogP contribution in [0.2, 0.25) is 0 Å². The quantitative estimate of drug-likeness (QED) is 0.387. The fourth-order valence-electron chi connectivity index (χ4n) is 1.50. The number of halogens is 1. The van der Waals surface area contributed by atoms with E-state index in [1.807, 2.05) is 24.3 Å². The van der Waals surface area contributed by atoms with Crippen LogP contribution in [-0.2, 0) is 14.3 Å². The predicted octanol–water partition coefficient (Wildman–Crippen LogP) is 2.70. The third kappa shape index (κ3) is 6.64. The molecule has 2 unspecified atom stereocenters. The molecule has 0 heterocycles. The van der Waals surface area contributed by atoms with Crippen molar-refractivity contribution in [1.29, 1.82) is 0 Å². The molecule has 0 bridgehead atoms. The molecule has 1 amide bonds. The van der Waals surface area contributed by atoms with Crippen LogP contribution in [-0.4, -0.2) is 41.5 Å². The molecular formula is C15H18BrNO4S. The van der Waals surface area contributed by atoms with E-state index >= 15 is 0 Å². The van der Waals surface area contributed by atoms with Crippen molar-refractivity contribution in [1.82, 2.24) is 5.32 Å². The van der Waals surface area contributed by atoms with Crippen molar-refractivity contribution in [3.8, 4) is 0 Å². The average molecular weight is 388 g/mol. The molecule has 0 saturated carbocycles. The van der Waals surface area contributed by atoms with Crippen LogP contribution in [0.5, 0.6) is 0 Å². The zero-order chi connectivity index (χ0) is 16.5. The second-order valence-electron chi connectivity index (χ2n) is 4.44. The fourth-order valence-corrected chi connectivity index (χ4v) is 2.64. The fraction of sp³-hybridized carbons (Fsp3) is 0.333. The zero-order valence-corrected chi connectivity index (χ0v) is 14.5. The van der Waals surface area contributed by atoms with Gasteiger partial charge < -0.3 is 15.2 Å². The first-order valence-corrected chi connectivity index (χ1v) is 8.25. The van der Waals surface area contributed by atoms with Gasteiger partial charge in [-0.2, -0.15) is 0 Å². The Bertz CT molecular complexity index is 521. The topological polar surface area (TPSA) is 75.6 Å². The van der Waals surface area contributed by atoms with Crippen LogP contribution in [0.4, 0.5) is 0 Å². The molecule has 2 N–H and O–H groups in total. The second kappa shape index (κ2) is 9.66. The second-order valence-corrected chi connectivity index (χ2v) is 6.77. The summed E-state index contributed by atoms with van der Waals surface area (Å²) in [6.07, 6.45) is 1.52. The maximum atomic E-state index is 12.1. The largest absolute Gasteiger partial charge is 0.480 e. The molecule has 1 aromatic carbocycles. The Morgan fingerprint density at radius 1 is 1.45 bits per heavy atom. The number of rotatable bonds is 9. The highest BCUT2D eigenvalue weighted by molar-refractivity contribution is 9.10. The summed E-state index contributed by atoms with van der Waals surface area (Å²) < 4.78 is 6.05. The van der Waals surface area contributed by atoms with E-state index in [2.05, 4.69) is 27.8 Å². The van der Waals surface area contributed by atoms with Gasteiger partial charge in [0.15, 0.2) is 6.04 Å². The van der Waals surface area contributed by atoms with E-state index in [-0.39, 0.29) is 19.1 Å². The summed E-state index contributed by atoms with van der Waals surface area (Å²) in [5, 5.41) is 11.2. The van der Waals surface area contributed by atoms with E-state index < -0.39 is 17.3 Å².